The molecule has 0 aliphatic heterocycles. The molecule has 0 atom stereocenters. The minimum Gasteiger partial charge on any atom is -0.469 e. The Hall–Kier alpha value is -2.18. The quantitative estimate of drug-likeness (QED) is 0.675. The molecule has 106 valence electrons. The van der Waals surface area contributed by atoms with Crippen molar-refractivity contribution in [3.63, 3.8) is 0 Å². The van der Waals surface area contributed by atoms with Crippen LogP contribution >= 0.6 is 0 Å². The summed E-state index contributed by atoms with van der Waals surface area (Å²) in [5.41, 5.74) is 0.930. The Morgan fingerprint density at radius 1 is 1.26 bits per heavy atom. The molecule has 0 spiro atoms. The lowest BCUT2D eigenvalue weighted by Crippen LogP contribution is -2.40. The monoisotopic (exact) mass is 269 g/mol. The third-order valence-electron chi connectivity index (χ3n) is 2.36. The van der Waals surface area contributed by atoms with Gasteiger partial charge in [0.15, 0.2) is 0 Å². The molecule has 0 bridgehead atoms. The number of hydrogen-bond acceptors (Lipinski definition) is 4. The zero-order chi connectivity index (χ0) is 14.1. The van der Waals surface area contributed by atoms with Crippen LogP contribution in [0, 0.1) is 6.92 Å². The van der Waals surface area contributed by atoms with Gasteiger partial charge in [-0.15, -0.1) is 0 Å². The molecule has 7 heteroatoms. The molecule has 0 saturated heterocycles. The summed E-state index contributed by atoms with van der Waals surface area (Å²) in [4.78, 5) is 22.4. The molecule has 0 unspecified atom stereocenters. The summed E-state index contributed by atoms with van der Waals surface area (Å²) in [6.07, 6.45) is 1.09. The van der Waals surface area contributed by atoms with E-state index in [2.05, 4.69) is 20.7 Å². The lowest BCUT2D eigenvalue weighted by molar-refractivity contribution is 0.152. The van der Waals surface area contributed by atoms with Gasteiger partial charge in [0.25, 0.3) is 0 Å². The van der Waals surface area contributed by atoms with Crippen LogP contribution in [0.4, 0.5) is 9.59 Å². The second-order valence-electron chi connectivity index (χ2n) is 3.76. The highest BCUT2D eigenvalue weighted by Gasteiger charge is 2.04. The van der Waals surface area contributed by atoms with Crippen molar-refractivity contribution in [1.29, 1.82) is 0 Å². The Morgan fingerprint density at radius 2 is 2.00 bits per heavy atom. The first kappa shape index (κ1) is 14.9. The summed E-state index contributed by atoms with van der Waals surface area (Å²) in [7, 11) is 0. The van der Waals surface area contributed by atoms with Crippen molar-refractivity contribution in [2.75, 3.05) is 19.7 Å². The van der Waals surface area contributed by atoms with Gasteiger partial charge < -0.3 is 25.1 Å². The summed E-state index contributed by atoms with van der Waals surface area (Å²) in [6.45, 7) is 4.93. The van der Waals surface area contributed by atoms with Crippen molar-refractivity contribution >= 4 is 12.1 Å². The average Bonchev–Trinajstić information content (AvgIpc) is 2.78. The first-order chi connectivity index (χ1) is 9.13. The molecule has 0 aliphatic rings. The van der Waals surface area contributed by atoms with Gasteiger partial charge in [-0.05, 0) is 19.9 Å². The number of rotatable bonds is 6. The third-order valence-corrected chi connectivity index (χ3v) is 2.36. The van der Waals surface area contributed by atoms with E-state index in [0.717, 1.165) is 11.3 Å². The highest BCUT2D eigenvalue weighted by atomic mass is 16.5. The maximum absolute atomic E-state index is 11.4. The predicted octanol–water partition coefficient (Wildman–Crippen LogP) is 1.13. The van der Waals surface area contributed by atoms with Gasteiger partial charge in [-0.25, -0.2) is 9.59 Å². The van der Waals surface area contributed by atoms with Gasteiger partial charge in [-0.3, -0.25) is 0 Å². The first-order valence-corrected chi connectivity index (χ1v) is 6.08. The number of furan rings is 1. The molecule has 7 nitrogen and oxygen atoms in total. The molecule has 0 fully saturated rings. The van der Waals surface area contributed by atoms with E-state index in [4.69, 9.17) is 4.42 Å². The highest BCUT2D eigenvalue weighted by Crippen LogP contribution is 2.07. The molecular formula is C12H19N3O4. The van der Waals surface area contributed by atoms with Crippen molar-refractivity contribution in [1.82, 2.24) is 16.0 Å². The lowest BCUT2D eigenvalue weighted by Gasteiger charge is -2.08. The summed E-state index contributed by atoms with van der Waals surface area (Å²) < 4.78 is 9.78. The molecule has 19 heavy (non-hydrogen) atoms. The third kappa shape index (κ3) is 5.80. The summed E-state index contributed by atoms with van der Waals surface area (Å²) in [6, 6.07) is 1.50. The number of amides is 3. The fourth-order valence-electron chi connectivity index (χ4n) is 1.36. The largest absolute Gasteiger partial charge is 0.469 e. The van der Waals surface area contributed by atoms with Crippen LogP contribution in [-0.4, -0.2) is 31.8 Å². The Bertz CT molecular complexity index is 417. The molecule has 1 heterocycles. The molecule has 0 aliphatic carbocycles. The van der Waals surface area contributed by atoms with E-state index in [0.29, 0.717) is 26.2 Å². The molecule has 1 aromatic heterocycles. The summed E-state index contributed by atoms with van der Waals surface area (Å²) in [5, 5.41) is 7.80. The Kier molecular flexibility index (Phi) is 6.28. The van der Waals surface area contributed by atoms with Crippen molar-refractivity contribution in [2.45, 2.75) is 20.4 Å². The molecule has 3 amide bonds. The zero-order valence-corrected chi connectivity index (χ0v) is 11.1. The molecule has 1 rings (SSSR count). The molecular weight excluding hydrogens is 250 g/mol. The molecule has 3 N–H and O–H groups in total. The average molecular weight is 269 g/mol. The summed E-state index contributed by atoms with van der Waals surface area (Å²) in [5.74, 6) is 0.782. The van der Waals surface area contributed by atoms with Gasteiger partial charge in [0, 0.05) is 25.2 Å². The fraction of sp³-hybridized carbons (Fsp3) is 0.500. The number of carbonyl (C=O) groups excluding carboxylic acids is 2. The van der Waals surface area contributed by atoms with Gasteiger partial charge in [-0.2, -0.15) is 0 Å². The van der Waals surface area contributed by atoms with E-state index in [9.17, 15) is 9.59 Å². The molecule has 0 aromatic carbocycles. The van der Waals surface area contributed by atoms with Crippen LogP contribution in [0.3, 0.4) is 0 Å². The van der Waals surface area contributed by atoms with Crippen molar-refractivity contribution in [3.05, 3.63) is 23.7 Å². The van der Waals surface area contributed by atoms with Crippen LogP contribution in [0.15, 0.2) is 16.7 Å². The van der Waals surface area contributed by atoms with E-state index in [1.54, 1.807) is 19.3 Å². The number of nitrogens with one attached hydrogen (secondary N) is 3. The Morgan fingerprint density at radius 3 is 2.63 bits per heavy atom. The van der Waals surface area contributed by atoms with Crippen molar-refractivity contribution in [2.24, 2.45) is 0 Å². The fourth-order valence-corrected chi connectivity index (χ4v) is 1.36. The molecule has 0 saturated carbocycles. The van der Waals surface area contributed by atoms with Gasteiger partial charge in [0.2, 0.25) is 0 Å². The van der Waals surface area contributed by atoms with Crippen LogP contribution in [0.25, 0.3) is 0 Å². The standard InChI is InChI=1S/C12H19N3O4/c1-3-18-12(17)14-6-5-13-11(16)15-8-10-4-7-19-9(10)2/h4,7H,3,5-6,8H2,1-2H3,(H,14,17)(H2,13,15,16). The van der Waals surface area contributed by atoms with Gasteiger partial charge >= 0.3 is 12.1 Å². The van der Waals surface area contributed by atoms with E-state index >= 15 is 0 Å². The topological polar surface area (TPSA) is 92.6 Å². The van der Waals surface area contributed by atoms with Crippen LogP contribution in [0.1, 0.15) is 18.2 Å². The van der Waals surface area contributed by atoms with Gasteiger partial charge in [0.05, 0.1) is 12.9 Å². The minimum absolute atomic E-state index is 0.300. The predicted molar refractivity (Wildman–Crippen MR) is 68.7 cm³/mol. The van der Waals surface area contributed by atoms with E-state index in [1.807, 2.05) is 6.92 Å². The second-order valence-corrected chi connectivity index (χ2v) is 3.76. The highest BCUT2D eigenvalue weighted by molar-refractivity contribution is 5.74. The SMILES string of the molecule is CCOC(=O)NCCNC(=O)NCc1ccoc1C. The first-order valence-electron chi connectivity index (χ1n) is 6.08. The summed E-state index contributed by atoms with van der Waals surface area (Å²) >= 11 is 0. The Labute approximate surface area is 111 Å². The second kappa shape index (κ2) is 8.02. The van der Waals surface area contributed by atoms with Crippen molar-refractivity contribution in [3.8, 4) is 0 Å². The maximum atomic E-state index is 11.4. The van der Waals surface area contributed by atoms with Crippen LogP contribution < -0.4 is 16.0 Å². The normalized spacial score (nSPS) is 9.79. The van der Waals surface area contributed by atoms with Crippen LogP contribution in [0.5, 0.6) is 0 Å². The van der Waals surface area contributed by atoms with Crippen LogP contribution in [-0.2, 0) is 11.3 Å². The maximum Gasteiger partial charge on any atom is 0.407 e. The number of carbonyl (C=O) groups is 2. The van der Waals surface area contributed by atoms with E-state index in [1.165, 1.54) is 0 Å². The van der Waals surface area contributed by atoms with Gasteiger partial charge in [0.1, 0.15) is 5.76 Å². The zero-order valence-electron chi connectivity index (χ0n) is 11.1. The smallest absolute Gasteiger partial charge is 0.407 e. The Balaban J connectivity index is 2.08. The number of hydrogen-bond donors (Lipinski definition) is 3. The number of ether oxygens (including phenoxy) is 1. The molecule has 0 radical (unpaired) electrons. The number of urea groups is 1. The van der Waals surface area contributed by atoms with E-state index in [-0.39, 0.29) is 6.03 Å². The number of alkyl carbamates (subject to hydrolysis) is 1. The van der Waals surface area contributed by atoms with Crippen molar-refractivity contribution < 1.29 is 18.7 Å². The number of aryl methyl sites for hydroxylation is 1. The van der Waals surface area contributed by atoms with E-state index < -0.39 is 6.09 Å². The lowest BCUT2D eigenvalue weighted by atomic mass is 10.2. The molecule has 1 aromatic rings. The van der Waals surface area contributed by atoms with Gasteiger partial charge in [-0.1, -0.05) is 0 Å². The van der Waals surface area contributed by atoms with Crippen LogP contribution in [0.2, 0.25) is 0 Å². The minimum atomic E-state index is -0.487.